The summed E-state index contributed by atoms with van der Waals surface area (Å²) in [6, 6.07) is 18.1. The summed E-state index contributed by atoms with van der Waals surface area (Å²) in [4.78, 5) is 25.6. The normalized spacial score (nSPS) is 10.3. The molecule has 1 N–H and O–H groups in total. The van der Waals surface area contributed by atoms with Gasteiger partial charge in [-0.05, 0) is 24.5 Å². The van der Waals surface area contributed by atoms with Crippen molar-refractivity contribution in [1.29, 1.82) is 0 Å². The number of carbonyl (C=O) groups excluding carboxylic acids is 2. The van der Waals surface area contributed by atoms with E-state index >= 15 is 0 Å². The molecule has 0 bridgehead atoms. The van der Waals surface area contributed by atoms with Gasteiger partial charge in [0.15, 0.2) is 0 Å². The summed E-state index contributed by atoms with van der Waals surface area (Å²) in [7, 11) is 0. The lowest BCUT2D eigenvalue weighted by Gasteiger charge is -2.21. The average Bonchev–Trinajstić information content (AvgIpc) is 2.60. The van der Waals surface area contributed by atoms with Gasteiger partial charge in [-0.2, -0.15) is 0 Å². The van der Waals surface area contributed by atoms with Crippen LogP contribution >= 0.6 is 0 Å². The molecule has 2 rings (SSSR count). The zero-order valence-corrected chi connectivity index (χ0v) is 15.0. The number of benzene rings is 2. The van der Waals surface area contributed by atoms with E-state index < -0.39 is 0 Å². The van der Waals surface area contributed by atoms with Crippen molar-refractivity contribution in [2.45, 2.75) is 33.2 Å². The first-order chi connectivity index (χ1) is 12.0. The second-order valence-corrected chi connectivity index (χ2v) is 6.26. The summed E-state index contributed by atoms with van der Waals surface area (Å²) in [6.45, 7) is 5.18. The summed E-state index contributed by atoms with van der Waals surface area (Å²) in [5, 5.41) is 2.92. The molecule has 0 aromatic heterocycles. The fraction of sp³-hybridized carbons (Fsp3) is 0.333. The van der Waals surface area contributed by atoms with E-state index in [1.165, 1.54) is 11.1 Å². The lowest BCUT2D eigenvalue weighted by Crippen LogP contribution is -2.35. The highest BCUT2D eigenvalue weighted by Gasteiger charge is 2.11. The summed E-state index contributed by atoms with van der Waals surface area (Å²) >= 11 is 0. The maximum Gasteiger partial charge on any atom is 0.222 e. The summed E-state index contributed by atoms with van der Waals surface area (Å²) < 4.78 is 0. The van der Waals surface area contributed by atoms with E-state index in [4.69, 9.17) is 0 Å². The number of hydrogen-bond donors (Lipinski definition) is 1. The molecular weight excluding hydrogens is 312 g/mol. The molecule has 0 fully saturated rings. The molecule has 2 amide bonds. The van der Waals surface area contributed by atoms with Crippen LogP contribution in [0.5, 0.6) is 0 Å². The third-order valence-electron chi connectivity index (χ3n) is 4.14. The van der Waals surface area contributed by atoms with Gasteiger partial charge >= 0.3 is 0 Å². The van der Waals surface area contributed by atoms with E-state index in [2.05, 4.69) is 11.4 Å². The van der Waals surface area contributed by atoms with Crippen LogP contribution in [0.25, 0.3) is 0 Å². The number of aryl methyl sites for hydroxylation is 1. The Morgan fingerprint density at radius 3 is 2.36 bits per heavy atom. The Labute approximate surface area is 149 Å². The van der Waals surface area contributed by atoms with Gasteiger partial charge in [0.05, 0.1) is 0 Å². The minimum Gasteiger partial charge on any atom is -0.352 e. The van der Waals surface area contributed by atoms with E-state index in [1.54, 1.807) is 11.8 Å². The van der Waals surface area contributed by atoms with Crippen LogP contribution < -0.4 is 5.32 Å². The Morgan fingerprint density at radius 2 is 1.68 bits per heavy atom. The van der Waals surface area contributed by atoms with Crippen molar-refractivity contribution in [1.82, 2.24) is 10.2 Å². The van der Waals surface area contributed by atoms with Gasteiger partial charge in [0.1, 0.15) is 0 Å². The minimum atomic E-state index is -0.0348. The molecule has 0 aliphatic rings. The molecule has 132 valence electrons. The van der Waals surface area contributed by atoms with Crippen LogP contribution in [0.1, 0.15) is 30.0 Å². The molecule has 0 aliphatic heterocycles. The van der Waals surface area contributed by atoms with Gasteiger partial charge in [-0.3, -0.25) is 9.59 Å². The monoisotopic (exact) mass is 338 g/mol. The van der Waals surface area contributed by atoms with Crippen LogP contribution in [0, 0.1) is 6.92 Å². The molecule has 25 heavy (non-hydrogen) atoms. The molecule has 0 aliphatic carbocycles. The molecule has 0 heterocycles. The molecule has 0 unspecified atom stereocenters. The molecule has 4 heteroatoms. The first-order valence-corrected chi connectivity index (χ1v) is 8.66. The predicted molar refractivity (Wildman–Crippen MR) is 100 cm³/mol. The van der Waals surface area contributed by atoms with Crippen LogP contribution in [0.15, 0.2) is 54.6 Å². The number of nitrogens with one attached hydrogen (secondary N) is 1. The van der Waals surface area contributed by atoms with Crippen molar-refractivity contribution in [2.75, 3.05) is 13.1 Å². The molecule has 2 aromatic carbocycles. The van der Waals surface area contributed by atoms with Crippen molar-refractivity contribution in [3.05, 3.63) is 71.3 Å². The third kappa shape index (κ3) is 6.79. The molecule has 0 saturated carbocycles. The molecule has 0 spiro atoms. The number of nitrogens with zero attached hydrogens (tertiary/aromatic N) is 1. The largest absolute Gasteiger partial charge is 0.352 e. The van der Waals surface area contributed by atoms with Crippen LogP contribution in [-0.2, 0) is 22.6 Å². The first kappa shape index (κ1) is 18.7. The van der Waals surface area contributed by atoms with Crippen molar-refractivity contribution >= 4 is 11.8 Å². The van der Waals surface area contributed by atoms with Gasteiger partial charge in [-0.1, -0.05) is 60.2 Å². The van der Waals surface area contributed by atoms with Crippen LogP contribution in [0.2, 0.25) is 0 Å². The number of carbonyl (C=O) groups is 2. The van der Waals surface area contributed by atoms with Crippen LogP contribution in [-0.4, -0.2) is 29.8 Å². The summed E-state index contributed by atoms with van der Waals surface area (Å²) in [5.74, 6) is -0.0325. The molecule has 2 aromatic rings. The van der Waals surface area contributed by atoms with Crippen molar-refractivity contribution < 1.29 is 9.59 Å². The van der Waals surface area contributed by atoms with Gasteiger partial charge in [0, 0.05) is 33.0 Å². The second-order valence-electron chi connectivity index (χ2n) is 6.26. The molecule has 4 nitrogen and oxygen atoms in total. The predicted octanol–water partition coefficient (Wildman–Crippen LogP) is 3.09. The standard InChI is InChI=1S/C21H26N2O2/c1-17-7-6-10-20(15-17)16-22-21(25)12-14-23(18(2)24)13-11-19-8-4-3-5-9-19/h3-10,15H,11-14,16H2,1-2H3,(H,22,25). The summed E-state index contributed by atoms with van der Waals surface area (Å²) in [5.41, 5.74) is 3.45. The van der Waals surface area contributed by atoms with E-state index in [0.717, 1.165) is 12.0 Å². The van der Waals surface area contributed by atoms with E-state index in [1.807, 2.05) is 55.5 Å². The maximum atomic E-state index is 12.1. The summed E-state index contributed by atoms with van der Waals surface area (Å²) in [6.07, 6.45) is 1.12. The van der Waals surface area contributed by atoms with Crippen LogP contribution in [0.3, 0.4) is 0 Å². The fourth-order valence-electron chi connectivity index (χ4n) is 2.68. The number of rotatable bonds is 8. The average molecular weight is 338 g/mol. The van der Waals surface area contributed by atoms with Gasteiger partial charge in [-0.15, -0.1) is 0 Å². The highest BCUT2D eigenvalue weighted by Crippen LogP contribution is 2.05. The SMILES string of the molecule is CC(=O)N(CCC(=O)NCc1cccc(C)c1)CCc1ccccc1. The lowest BCUT2D eigenvalue weighted by molar-refractivity contribution is -0.129. The first-order valence-electron chi connectivity index (χ1n) is 8.66. The Hall–Kier alpha value is -2.62. The number of hydrogen-bond acceptors (Lipinski definition) is 2. The number of amides is 2. The van der Waals surface area contributed by atoms with Gasteiger partial charge in [-0.25, -0.2) is 0 Å². The van der Waals surface area contributed by atoms with Gasteiger partial charge in [0.25, 0.3) is 0 Å². The Balaban J connectivity index is 1.76. The van der Waals surface area contributed by atoms with E-state index in [9.17, 15) is 9.59 Å². The molecular formula is C21H26N2O2. The highest BCUT2D eigenvalue weighted by molar-refractivity contribution is 5.78. The van der Waals surface area contributed by atoms with Crippen molar-refractivity contribution in [3.8, 4) is 0 Å². The van der Waals surface area contributed by atoms with Crippen LogP contribution in [0.4, 0.5) is 0 Å². The Morgan fingerprint density at radius 1 is 0.960 bits per heavy atom. The van der Waals surface area contributed by atoms with Gasteiger partial charge in [0.2, 0.25) is 11.8 Å². The zero-order valence-electron chi connectivity index (χ0n) is 15.0. The smallest absolute Gasteiger partial charge is 0.222 e. The lowest BCUT2D eigenvalue weighted by atomic mass is 10.1. The highest BCUT2D eigenvalue weighted by atomic mass is 16.2. The van der Waals surface area contributed by atoms with Crippen molar-refractivity contribution in [3.63, 3.8) is 0 Å². The second kappa shape index (κ2) is 9.62. The third-order valence-corrected chi connectivity index (χ3v) is 4.14. The molecule has 0 radical (unpaired) electrons. The zero-order chi connectivity index (χ0) is 18.1. The minimum absolute atomic E-state index is 0.00224. The topological polar surface area (TPSA) is 49.4 Å². The Kier molecular flexibility index (Phi) is 7.20. The fourth-order valence-corrected chi connectivity index (χ4v) is 2.68. The van der Waals surface area contributed by atoms with Crippen molar-refractivity contribution in [2.24, 2.45) is 0 Å². The van der Waals surface area contributed by atoms with Gasteiger partial charge < -0.3 is 10.2 Å². The Bertz CT molecular complexity index is 698. The van der Waals surface area contributed by atoms with E-state index in [0.29, 0.717) is 26.1 Å². The van der Waals surface area contributed by atoms with E-state index in [-0.39, 0.29) is 11.8 Å². The maximum absolute atomic E-state index is 12.1. The molecule has 0 saturated heterocycles. The molecule has 0 atom stereocenters. The quantitative estimate of drug-likeness (QED) is 0.804.